The molecule has 0 aliphatic heterocycles. The Kier molecular flexibility index (Phi) is 18.1. The molecule has 1 aromatic heterocycles. The summed E-state index contributed by atoms with van der Waals surface area (Å²) in [4.78, 5) is 83.7. The molecule has 1 aliphatic carbocycles. The van der Waals surface area contributed by atoms with E-state index in [-0.39, 0.29) is 50.0 Å². The average molecular weight is 825 g/mol. The number of urea groups is 1. The smallest absolute Gasteiger partial charge is 0.329 e. The SMILES string of the molecule is CC(C)(C)OC(=O)CC[C@H](NC(=O)N[C@@H](CCCCNC(=O)[C@@H](Cc1ccc2cccnc2c1)NC(=O)C1CCC(CN)CC1)C(=O)OC(C)(C)C)C(=O)OC(C)(C)C. The summed E-state index contributed by atoms with van der Waals surface area (Å²) < 4.78 is 16.5. The molecular weight excluding hydrogens is 757 g/mol. The highest BCUT2D eigenvalue weighted by atomic mass is 16.6. The predicted octanol–water partition coefficient (Wildman–Crippen LogP) is 5.16. The summed E-state index contributed by atoms with van der Waals surface area (Å²) in [6.45, 7) is 16.2. The number of carbonyl (C=O) groups excluding carboxylic acids is 6. The lowest BCUT2D eigenvalue weighted by Crippen LogP contribution is -2.53. The molecule has 328 valence electrons. The number of amides is 4. The van der Waals surface area contributed by atoms with E-state index in [1.54, 1.807) is 68.5 Å². The highest BCUT2D eigenvalue weighted by Crippen LogP contribution is 2.28. The van der Waals surface area contributed by atoms with E-state index in [0.717, 1.165) is 42.1 Å². The maximum Gasteiger partial charge on any atom is 0.329 e. The van der Waals surface area contributed by atoms with Crippen LogP contribution in [0.15, 0.2) is 36.5 Å². The number of esters is 3. The molecule has 3 rings (SSSR count). The van der Waals surface area contributed by atoms with E-state index in [1.807, 2.05) is 30.3 Å². The molecule has 6 N–H and O–H groups in total. The fourth-order valence-electron chi connectivity index (χ4n) is 6.70. The Labute approximate surface area is 349 Å². The molecule has 0 radical (unpaired) electrons. The first-order valence-electron chi connectivity index (χ1n) is 20.9. The molecule has 1 heterocycles. The van der Waals surface area contributed by atoms with Crippen LogP contribution in [0, 0.1) is 11.8 Å². The van der Waals surface area contributed by atoms with Gasteiger partial charge >= 0.3 is 23.9 Å². The summed E-state index contributed by atoms with van der Waals surface area (Å²) in [6, 6.07) is 5.65. The minimum atomic E-state index is -1.21. The third-order valence-corrected chi connectivity index (χ3v) is 9.56. The van der Waals surface area contributed by atoms with Gasteiger partial charge in [0.1, 0.15) is 34.9 Å². The molecule has 15 nitrogen and oxygen atoms in total. The van der Waals surface area contributed by atoms with Crippen LogP contribution in [0.2, 0.25) is 0 Å². The maximum absolute atomic E-state index is 13.7. The maximum atomic E-state index is 13.7. The van der Waals surface area contributed by atoms with Gasteiger partial charge in [-0.25, -0.2) is 14.4 Å². The third-order valence-electron chi connectivity index (χ3n) is 9.56. The van der Waals surface area contributed by atoms with Crippen molar-refractivity contribution in [2.75, 3.05) is 13.1 Å². The Balaban J connectivity index is 1.65. The molecule has 0 bridgehead atoms. The van der Waals surface area contributed by atoms with Crippen LogP contribution in [0.5, 0.6) is 0 Å². The number of benzene rings is 1. The summed E-state index contributed by atoms with van der Waals surface area (Å²) >= 11 is 0. The van der Waals surface area contributed by atoms with Gasteiger partial charge in [-0.2, -0.15) is 0 Å². The second-order valence-corrected chi connectivity index (χ2v) is 18.5. The van der Waals surface area contributed by atoms with E-state index < -0.39 is 58.9 Å². The minimum Gasteiger partial charge on any atom is -0.460 e. The van der Waals surface area contributed by atoms with Crippen molar-refractivity contribution in [1.29, 1.82) is 0 Å². The standard InChI is InChI=1S/C44H68N6O9/c1-42(2,3)57-36(51)22-21-33(40(55)59-44(7,8)9)50-41(56)49-32(39(54)58-43(4,5)6)14-10-11-23-47-38(53)35(48-37(52)31-19-15-28(27-45)16-20-31)26-29-17-18-30-13-12-24-46-34(30)25-29/h12-13,17-18,24-25,28,31-33,35H,10-11,14-16,19-23,26-27,45H2,1-9H3,(H,47,53)(H,48,52)(H2,49,50,56)/t28?,31?,32-,33-,35+/m0/s1. The number of aromatic nitrogens is 1. The quantitative estimate of drug-likeness (QED) is 0.0752. The van der Waals surface area contributed by atoms with Gasteiger partial charge in [0.2, 0.25) is 11.8 Å². The van der Waals surface area contributed by atoms with Gasteiger partial charge in [0.05, 0.1) is 5.52 Å². The number of nitrogens with zero attached hydrogens (tertiary/aromatic N) is 1. The van der Waals surface area contributed by atoms with Crippen LogP contribution in [-0.4, -0.2) is 88.8 Å². The summed E-state index contributed by atoms with van der Waals surface area (Å²) in [6.07, 6.45) is 5.91. The number of nitrogens with one attached hydrogen (secondary N) is 4. The Hall–Kier alpha value is -4.79. The van der Waals surface area contributed by atoms with Gasteiger partial charge < -0.3 is 41.2 Å². The van der Waals surface area contributed by atoms with Crippen LogP contribution in [-0.2, 0) is 44.6 Å². The second kappa shape index (κ2) is 22.0. The lowest BCUT2D eigenvalue weighted by atomic mass is 9.81. The molecule has 15 heteroatoms. The summed E-state index contributed by atoms with van der Waals surface area (Å²) in [5.41, 5.74) is 5.06. The molecule has 1 aromatic carbocycles. The molecule has 4 amide bonds. The van der Waals surface area contributed by atoms with Crippen LogP contribution >= 0.6 is 0 Å². The molecular formula is C44H68N6O9. The largest absolute Gasteiger partial charge is 0.460 e. The van der Waals surface area contributed by atoms with Gasteiger partial charge in [0.15, 0.2) is 0 Å². The van der Waals surface area contributed by atoms with E-state index in [4.69, 9.17) is 19.9 Å². The molecule has 1 aliphatic rings. The van der Waals surface area contributed by atoms with Crippen LogP contribution in [0.3, 0.4) is 0 Å². The third kappa shape index (κ3) is 18.3. The van der Waals surface area contributed by atoms with Gasteiger partial charge in [-0.15, -0.1) is 0 Å². The van der Waals surface area contributed by atoms with Crippen molar-refractivity contribution < 1.29 is 43.0 Å². The molecule has 1 saturated carbocycles. The Bertz CT molecular complexity index is 1740. The van der Waals surface area contributed by atoms with E-state index >= 15 is 0 Å². The van der Waals surface area contributed by atoms with Crippen LogP contribution in [0.1, 0.15) is 126 Å². The summed E-state index contributed by atoms with van der Waals surface area (Å²) in [7, 11) is 0. The van der Waals surface area contributed by atoms with E-state index in [1.165, 1.54) is 0 Å². The number of hydrogen-bond acceptors (Lipinski definition) is 11. The first kappa shape index (κ1) is 48.6. The number of nitrogens with two attached hydrogens (primary N) is 1. The zero-order valence-corrected chi connectivity index (χ0v) is 36.5. The van der Waals surface area contributed by atoms with E-state index in [0.29, 0.717) is 25.3 Å². The lowest BCUT2D eigenvalue weighted by molar-refractivity contribution is -0.159. The van der Waals surface area contributed by atoms with E-state index in [9.17, 15) is 28.8 Å². The van der Waals surface area contributed by atoms with Crippen LogP contribution in [0.4, 0.5) is 4.79 Å². The molecule has 0 saturated heterocycles. The van der Waals surface area contributed by atoms with Crippen molar-refractivity contribution in [3.05, 3.63) is 42.1 Å². The fraction of sp³-hybridized carbons (Fsp3) is 0.659. The van der Waals surface area contributed by atoms with Crippen molar-refractivity contribution in [2.24, 2.45) is 17.6 Å². The Morgan fingerprint density at radius 3 is 1.92 bits per heavy atom. The molecule has 59 heavy (non-hydrogen) atoms. The minimum absolute atomic E-state index is 0.0946. The first-order chi connectivity index (χ1) is 27.5. The van der Waals surface area contributed by atoms with Gasteiger partial charge in [-0.1, -0.05) is 18.2 Å². The zero-order chi connectivity index (χ0) is 44.0. The first-order valence-corrected chi connectivity index (χ1v) is 20.9. The normalized spacial score (nSPS) is 17.5. The average Bonchev–Trinajstić information content (AvgIpc) is 3.13. The number of hydrogen-bond donors (Lipinski definition) is 5. The Morgan fingerprint density at radius 1 is 0.746 bits per heavy atom. The van der Waals surface area contributed by atoms with Crippen molar-refractivity contribution in [1.82, 2.24) is 26.3 Å². The molecule has 2 aromatic rings. The number of fused-ring (bicyclic) bond motifs is 1. The summed E-state index contributed by atoms with van der Waals surface area (Å²) in [5, 5.41) is 12.1. The predicted molar refractivity (Wildman–Crippen MR) is 225 cm³/mol. The fourth-order valence-corrected chi connectivity index (χ4v) is 6.70. The highest BCUT2D eigenvalue weighted by molar-refractivity contribution is 5.89. The molecule has 1 fully saturated rings. The topological polar surface area (TPSA) is 217 Å². The number of unbranched alkanes of at least 4 members (excludes halogenated alkanes) is 1. The van der Waals surface area contributed by atoms with E-state index in [2.05, 4.69) is 26.3 Å². The van der Waals surface area contributed by atoms with Gasteiger partial charge in [-0.05, 0) is 144 Å². The van der Waals surface area contributed by atoms with Crippen molar-refractivity contribution in [3.63, 3.8) is 0 Å². The van der Waals surface area contributed by atoms with Crippen molar-refractivity contribution in [3.8, 4) is 0 Å². The van der Waals surface area contributed by atoms with Crippen LogP contribution < -0.4 is 27.0 Å². The van der Waals surface area contributed by atoms with Crippen molar-refractivity contribution >= 4 is 46.7 Å². The zero-order valence-electron chi connectivity index (χ0n) is 36.5. The van der Waals surface area contributed by atoms with Crippen LogP contribution in [0.25, 0.3) is 10.9 Å². The lowest BCUT2D eigenvalue weighted by Gasteiger charge is -2.28. The molecule has 0 spiro atoms. The molecule has 3 atom stereocenters. The number of carbonyl (C=O) groups is 6. The van der Waals surface area contributed by atoms with Crippen molar-refractivity contribution in [2.45, 2.75) is 161 Å². The number of pyridine rings is 1. The van der Waals surface area contributed by atoms with Gasteiger partial charge in [-0.3, -0.25) is 19.4 Å². The monoisotopic (exact) mass is 825 g/mol. The highest BCUT2D eigenvalue weighted by Gasteiger charge is 2.32. The van der Waals surface area contributed by atoms with Gasteiger partial charge in [0.25, 0.3) is 0 Å². The number of ether oxygens (including phenoxy) is 3. The van der Waals surface area contributed by atoms with Gasteiger partial charge in [0, 0.05) is 36.9 Å². The number of rotatable bonds is 18. The summed E-state index contributed by atoms with van der Waals surface area (Å²) in [5.74, 6) is -2.23. The Morgan fingerprint density at radius 2 is 1.34 bits per heavy atom. The second-order valence-electron chi connectivity index (χ2n) is 18.5. The molecule has 0 unspecified atom stereocenters.